The predicted molar refractivity (Wildman–Crippen MR) is 81.9 cm³/mol. The van der Waals surface area contributed by atoms with Gasteiger partial charge in [0.1, 0.15) is 0 Å². The van der Waals surface area contributed by atoms with Crippen LogP contribution in [0.4, 0.5) is 0 Å². The summed E-state index contributed by atoms with van der Waals surface area (Å²) >= 11 is 0. The van der Waals surface area contributed by atoms with Gasteiger partial charge in [0.2, 0.25) is 10.0 Å². The number of benzene rings is 1. The van der Waals surface area contributed by atoms with Crippen LogP contribution < -0.4 is 5.32 Å². The summed E-state index contributed by atoms with van der Waals surface area (Å²) < 4.78 is 26.7. The van der Waals surface area contributed by atoms with Gasteiger partial charge in [0.15, 0.2) is 0 Å². The molecular formula is C15H24N2O2S. The molecule has 0 radical (unpaired) electrons. The van der Waals surface area contributed by atoms with E-state index in [1.807, 2.05) is 37.3 Å². The Morgan fingerprint density at radius 1 is 1.30 bits per heavy atom. The molecule has 1 unspecified atom stereocenters. The lowest BCUT2D eigenvalue weighted by Gasteiger charge is -2.25. The van der Waals surface area contributed by atoms with E-state index in [1.54, 1.807) is 11.2 Å². The Morgan fingerprint density at radius 3 is 2.50 bits per heavy atom. The molecule has 0 spiro atoms. The minimum Gasteiger partial charge on any atom is -0.313 e. The van der Waals surface area contributed by atoms with E-state index in [4.69, 9.17) is 0 Å². The van der Waals surface area contributed by atoms with Crippen molar-refractivity contribution in [2.24, 2.45) is 0 Å². The molecule has 0 bridgehead atoms. The molecule has 1 saturated carbocycles. The summed E-state index contributed by atoms with van der Waals surface area (Å²) in [5.41, 5.74) is 1.03. The van der Waals surface area contributed by atoms with Gasteiger partial charge in [-0.1, -0.05) is 37.3 Å². The smallest absolute Gasteiger partial charge is 0.218 e. The minimum atomic E-state index is -3.25. The number of nitrogens with one attached hydrogen (secondary N) is 1. The van der Waals surface area contributed by atoms with E-state index < -0.39 is 10.0 Å². The summed E-state index contributed by atoms with van der Waals surface area (Å²) in [7, 11) is -3.25. The van der Waals surface area contributed by atoms with Gasteiger partial charge in [0.25, 0.3) is 0 Å². The van der Waals surface area contributed by atoms with Gasteiger partial charge in [-0.3, -0.25) is 0 Å². The van der Waals surface area contributed by atoms with Crippen LogP contribution in [0.2, 0.25) is 0 Å². The van der Waals surface area contributed by atoms with Gasteiger partial charge in [0, 0.05) is 25.7 Å². The van der Waals surface area contributed by atoms with Crippen molar-refractivity contribution >= 4 is 10.0 Å². The maximum atomic E-state index is 12.6. The first-order valence-electron chi connectivity index (χ1n) is 7.30. The van der Waals surface area contributed by atoms with E-state index in [-0.39, 0.29) is 5.25 Å². The molecule has 112 valence electrons. The minimum absolute atomic E-state index is 0.383. The highest BCUT2D eigenvalue weighted by Crippen LogP contribution is 2.19. The molecule has 1 aromatic rings. The predicted octanol–water partition coefficient (Wildman–Crippen LogP) is 1.98. The highest BCUT2D eigenvalue weighted by Gasteiger charge is 2.29. The van der Waals surface area contributed by atoms with E-state index in [0.29, 0.717) is 25.7 Å². The molecule has 0 aromatic heterocycles. The second-order valence-corrected chi connectivity index (χ2v) is 7.80. The first-order chi connectivity index (χ1) is 9.54. The third kappa shape index (κ3) is 4.04. The van der Waals surface area contributed by atoms with Gasteiger partial charge in [-0.15, -0.1) is 0 Å². The lowest BCUT2D eigenvalue weighted by molar-refractivity contribution is 0.414. The third-order valence-corrected chi connectivity index (χ3v) is 5.98. The fourth-order valence-electron chi connectivity index (χ4n) is 2.15. The largest absolute Gasteiger partial charge is 0.313 e. The van der Waals surface area contributed by atoms with Crippen molar-refractivity contribution in [2.75, 3.05) is 13.1 Å². The average Bonchev–Trinajstić information content (AvgIpc) is 3.27. The van der Waals surface area contributed by atoms with Crippen molar-refractivity contribution in [2.45, 2.75) is 44.5 Å². The Hall–Kier alpha value is -0.910. The van der Waals surface area contributed by atoms with E-state index in [0.717, 1.165) is 5.56 Å². The maximum Gasteiger partial charge on any atom is 0.218 e. The van der Waals surface area contributed by atoms with E-state index >= 15 is 0 Å². The van der Waals surface area contributed by atoms with Crippen LogP contribution in [0.15, 0.2) is 30.3 Å². The zero-order valence-electron chi connectivity index (χ0n) is 12.2. The first kappa shape index (κ1) is 15.5. The van der Waals surface area contributed by atoms with Crippen molar-refractivity contribution in [1.82, 2.24) is 9.62 Å². The van der Waals surface area contributed by atoms with Crippen LogP contribution >= 0.6 is 0 Å². The quantitative estimate of drug-likeness (QED) is 0.798. The Kier molecular flexibility index (Phi) is 5.18. The van der Waals surface area contributed by atoms with Crippen LogP contribution in [-0.4, -0.2) is 37.1 Å². The molecule has 0 aliphatic heterocycles. The van der Waals surface area contributed by atoms with Gasteiger partial charge in [-0.2, -0.15) is 4.31 Å². The lowest BCUT2D eigenvalue weighted by atomic mass is 10.2. The van der Waals surface area contributed by atoms with Gasteiger partial charge < -0.3 is 5.32 Å². The molecule has 4 nitrogen and oxygen atoms in total. The van der Waals surface area contributed by atoms with Crippen LogP contribution in [0, 0.1) is 0 Å². The van der Waals surface area contributed by atoms with Crippen LogP contribution in [0.5, 0.6) is 0 Å². The standard InChI is InChI=1S/C15H24N2O2S/c1-3-17(12-14-7-5-4-6-8-14)20(18,19)13(2)11-16-15-9-10-15/h4-8,13,15-16H,3,9-12H2,1-2H3. The van der Waals surface area contributed by atoms with Gasteiger partial charge in [-0.05, 0) is 25.3 Å². The molecular weight excluding hydrogens is 272 g/mol. The summed E-state index contributed by atoms with van der Waals surface area (Å²) in [5.74, 6) is 0. The second kappa shape index (κ2) is 6.70. The van der Waals surface area contributed by atoms with Gasteiger partial charge in [0.05, 0.1) is 5.25 Å². The highest BCUT2D eigenvalue weighted by molar-refractivity contribution is 7.89. The van der Waals surface area contributed by atoms with E-state index in [9.17, 15) is 8.42 Å². The monoisotopic (exact) mass is 296 g/mol. The van der Waals surface area contributed by atoms with Gasteiger partial charge in [-0.25, -0.2) is 8.42 Å². The van der Waals surface area contributed by atoms with E-state index in [2.05, 4.69) is 5.32 Å². The summed E-state index contributed by atoms with van der Waals surface area (Å²) in [6.45, 7) is 5.18. The SMILES string of the molecule is CCN(Cc1ccccc1)S(=O)(=O)C(C)CNC1CC1. The fourth-order valence-corrected chi connectivity index (χ4v) is 3.65. The Bertz CT molecular complexity index is 512. The molecule has 5 heteroatoms. The summed E-state index contributed by atoms with van der Waals surface area (Å²) in [6, 6.07) is 10.3. The van der Waals surface area contributed by atoms with Gasteiger partial charge >= 0.3 is 0 Å². The molecule has 1 aromatic carbocycles. The average molecular weight is 296 g/mol. The molecule has 0 saturated heterocycles. The van der Waals surface area contributed by atoms with Crippen LogP contribution in [-0.2, 0) is 16.6 Å². The molecule has 20 heavy (non-hydrogen) atoms. The van der Waals surface area contributed by atoms with Crippen LogP contribution in [0.1, 0.15) is 32.3 Å². The molecule has 1 aliphatic carbocycles. The van der Waals surface area contributed by atoms with Crippen molar-refractivity contribution in [3.05, 3.63) is 35.9 Å². The lowest BCUT2D eigenvalue weighted by Crippen LogP contribution is -2.42. The molecule has 0 heterocycles. The molecule has 1 N–H and O–H groups in total. The molecule has 1 fully saturated rings. The molecule has 0 amide bonds. The Morgan fingerprint density at radius 2 is 1.95 bits per heavy atom. The summed E-state index contributed by atoms with van der Waals surface area (Å²) in [4.78, 5) is 0. The number of hydrogen-bond acceptors (Lipinski definition) is 3. The van der Waals surface area contributed by atoms with Crippen LogP contribution in [0.3, 0.4) is 0 Å². The summed E-state index contributed by atoms with van der Waals surface area (Å²) in [6.07, 6.45) is 2.35. The van der Waals surface area contributed by atoms with Crippen molar-refractivity contribution < 1.29 is 8.42 Å². The number of hydrogen-bond donors (Lipinski definition) is 1. The topological polar surface area (TPSA) is 49.4 Å². The first-order valence-corrected chi connectivity index (χ1v) is 8.80. The Balaban J connectivity index is 2.00. The molecule has 2 rings (SSSR count). The van der Waals surface area contributed by atoms with Crippen LogP contribution in [0.25, 0.3) is 0 Å². The molecule has 1 aliphatic rings. The summed E-state index contributed by atoms with van der Waals surface area (Å²) in [5, 5.41) is 2.92. The normalized spacial score (nSPS) is 17.4. The fraction of sp³-hybridized carbons (Fsp3) is 0.600. The highest BCUT2D eigenvalue weighted by atomic mass is 32.2. The zero-order valence-corrected chi connectivity index (χ0v) is 13.1. The number of rotatable bonds is 8. The maximum absolute atomic E-state index is 12.6. The van der Waals surface area contributed by atoms with Crippen molar-refractivity contribution in [1.29, 1.82) is 0 Å². The van der Waals surface area contributed by atoms with Crippen molar-refractivity contribution in [3.8, 4) is 0 Å². The number of nitrogens with zero attached hydrogens (tertiary/aromatic N) is 1. The third-order valence-electron chi connectivity index (χ3n) is 3.69. The second-order valence-electron chi connectivity index (χ2n) is 5.45. The Labute approximate surface area is 122 Å². The molecule has 1 atom stereocenters. The van der Waals surface area contributed by atoms with E-state index in [1.165, 1.54) is 12.8 Å². The zero-order chi connectivity index (χ0) is 14.6. The van der Waals surface area contributed by atoms with Crippen molar-refractivity contribution in [3.63, 3.8) is 0 Å². The number of sulfonamides is 1.